The Hall–Kier alpha value is -2.53. The lowest BCUT2D eigenvalue weighted by Crippen LogP contribution is -1.97. The molecule has 2 aromatic carbocycles. The molecule has 1 aromatic heterocycles. The Morgan fingerprint density at radius 3 is 2.60 bits per heavy atom. The molecule has 3 aromatic rings. The van der Waals surface area contributed by atoms with Gasteiger partial charge in [-0.2, -0.15) is 16.9 Å². The van der Waals surface area contributed by atoms with Crippen LogP contribution in [0.3, 0.4) is 0 Å². The minimum Gasteiger partial charge on any atom is -0.496 e. The zero-order valence-corrected chi connectivity index (χ0v) is 15.1. The maximum Gasteiger partial charge on any atom is 0.159 e. The number of thioether (sulfide) groups is 1. The van der Waals surface area contributed by atoms with E-state index in [0.29, 0.717) is 0 Å². The number of carbonyl (C=O) groups excluding carboxylic acids is 1. The van der Waals surface area contributed by atoms with Gasteiger partial charge in [-0.1, -0.05) is 12.1 Å². The van der Waals surface area contributed by atoms with Gasteiger partial charge >= 0.3 is 0 Å². The van der Waals surface area contributed by atoms with Crippen molar-refractivity contribution in [2.24, 2.45) is 0 Å². The first-order valence-electron chi connectivity index (χ1n) is 8.02. The average molecular weight is 352 g/mol. The lowest BCUT2D eigenvalue weighted by atomic mass is 10.1. The summed E-state index contributed by atoms with van der Waals surface area (Å²) in [5.41, 5.74) is 4.07. The number of ether oxygens (including phenoxy) is 1. The van der Waals surface area contributed by atoms with Crippen molar-refractivity contribution in [3.8, 4) is 11.4 Å². The number of hydrogen-bond acceptors (Lipinski definition) is 4. The molecule has 25 heavy (non-hydrogen) atoms. The maximum absolute atomic E-state index is 11.6. The predicted molar refractivity (Wildman–Crippen MR) is 102 cm³/mol. The minimum absolute atomic E-state index is 0.0723. The highest BCUT2D eigenvalue weighted by atomic mass is 32.2. The fraction of sp³-hybridized carbons (Fsp3) is 0.200. The fourth-order valence-electron chi connectivity index (χ4n) is 2.56. The number of nitrogens with zero attached hydrogens (tertiary/aromatic N) is 2. The molecule has 0 bridgehead atoms. The second-order valence-corrected chi connectivity index (χ2v) is 6.68. The molecule has 1 heterocycles. The van der Waals surface area contributed by atoms with Crippen LogP contribution in [-0.4, -0.2) is 22.7 Å². The van der Waals surface area contributed by atoms with E-state index in [1.54, 1.807) is 32.0 Å². The second kappa shape index (κ2) is 8.03. The van der Waals surface area contributed by atoms with Crippen LogP contribution in [0.2, 0.25) is 0 Å². The average Bonchev–Trinajstić information content (AvgIpc) is 3.17. The van der Waals surface area contributed by atoms with Crippen LogP contribution in [0.15, 0.2) is 60.9 Å². The van der Waals surface area contributed by atoms with Crippen molar-refractivity contribution in [1.82, 2.24) is 9.78 Å². The number of carbonyl (C=O) groups is 1. The van der Waals surface area contributed by atoms with E-state index in [9.17, 15) is 4.79 Å². The van der Waals surface area contributed by atoms with E-state index in [2.05, 4.69) is 29.4 Å². The number of aromatic nitrogens is 2. The van der Waals surface area contributed by atoms with Gasteiger partial charge in [-0.05, 0) is 48.9 Å². The monoisotopic (exact) mass is 352 g/mol. The largest absolute Gasteiger partial charge is 0.496 e. The van der Waals surface area contributed by atoms with Crippen LogP contribution in [0.1, 0.15) is 28.4 Å². The molecule has 0 fully saturated rings. The highest BCUT2D eigenvalue weighted by Crippen LogP contribution is 2.26. The van der Waals surface area contributed by atoms with Gasteiger partial charge in [0.1, 0.15) is 5.75 Å². The van der Waals surface area contributed by atoms with E-state index in [-0.39, 0.29) is 5.78 Å². The molecule has 0 aliphatic carbocycles. The van der Waals surface area contributed by atoms with E-state index >= 15 is 0 Å². The Morgan fingerprint density at radius 2 is 1.96 bits per heavy atom. The summed E-state index contributed by atoms with van der Waals surface area (Å²) in [5.74, 6) is 2.59. The van der Waals surface area contributed by atoms with Crippen LogP contribution in [0, 0.1) is 0 Å². The number of Topliss-reactive ketones (excluding diaryl/α,β-unsaturated/α-hetero) is 1. The maximum atomic E-state index is 11.6. The summed E-state index contributed by atoms with van der Waals surface area (Å²) in [7, 11) is 1.66. The third-order valence-electron chi connectivity index (χ3n) is 3.92. The number of ketones is 1. The van der Waals surface area contributed by atoms with Crippen LogP contribution in [0.25, 0.3) is 5.69 Å². The van der Waals surface area contributed by atoms with Crippen molar-refractivity contribution in [2.75, 3.05) is 7.11 Å². The van der Waals surface area contributed by atoms with Crippen molar-refractivity contribution < 1.29 is 9.53 Å². The summed E-state index contributed by atoms with van der Waals surface area (Å²) in [6.45, 7) is 1.58. The van der Waals surface area contributed by atoms with E-state index in [0.717, 1.165) is 34.1 Å². The first-order chi connectivity index (χ1) is 12.2. The van der Waals surface area contributed by atoms with E-state index in [1.807, 2.05) is 35.1 Å². The zero-order chi connectivity index (χ0) is 17.6. The fourth-order valence-corrected chi connectivity index (χ4v) is 3.53. The smallest absolute Gasteiger partial charge is 0.159 e. The molecule has 0 saturated carbocycles. The molecule has 0 aliphatic rings. The molecule has 0 unspecified atom stereocenters. The lowest BCUT2D eigenvalue weighted by molar-refractivity contribution is 0.101. The van der Waals surface area contributed by atoms with E-state index < -0.39 is 0 Å². The molecule has 128 valence electrons. The third kappa shape index (κ3) is 4.31. The summed E-state index contributed by atoms with van der Waals surface area (Å²) >= 11 is 1.80. The summed E-state index contributed by atoms with van der Waals surface area (Å²) in [6, 6.07) is 15.9. The van der Waals surface area contributed by atoms with Gasteiger partial charge in [0.25, 0.3) is 0 Å². The van der Waals surface area contributed by atoms with Gasteiger partial charge < -0.3 is 4.74 Å². The molecular weight excluding hydrogens is 332 g/mol. The Kier molecular flexibility index (Phi) is 5.56. The van der Waals surface area contributed by atoms with Crippen molar-refractivity contribution in [2.45, 2.75) is 18.4 Å². The summed E-state index contributed by atoms with van der Waals surface area (Å²) in [6.07, 6.45) is 3.70. The zero-order valence-electron chi connectivity index (χ0n) is 14.3. The molecular formula is C20H20N2O2S. The van der Waals surface area contributed by atoms with E-state index in [1.165, 1.54) is 5.56 Å². The van der Waals surface area contributed by atoms with Gasteiger partial charge in [-0.15, -0.1) is 0 Å². The lowest BCUT2D eigenvalue weighted by Gasteiger charge is -2.10. The molecule has 0 aliphatic heterocycles. The number of benzene rings is 2. The normalized spacial score (nSPS) is 10.6. The van der Waals surface area contributed by atoms with Crippen LogP contribution < -0.4 is 4.74 Å². The highest BCUT2D eigenvalue weighted by molar-refractivity contribution is 7.97. The van der Waals surface area contributed by atoms with Gasteiger partial charge in [0.05, 0.1) is 12.8 Å². The van der Waals surface area contributed by atoms with Crippen molar-refractivity contribution in [3.63, 3.8) is 0 Å². The van der Waals surface area contributed by atoms with Crippen molar-refractivity contribution in [1.29, 1.82) is 0 Å². The Labute approximate surface area is 151 Å². The van der Waals surface area contributed by atoms with Crippen LogP contribution in [0.4, 0.5) is 0 Å². The van der Waals surface area contributed by atoms with Gasteiger partial charge in [-0.3, -0.25) is 4.79 Å². The first kappa shape index (κ1) is 17.3. The summed E-state index contributed by atoms with van der Waals surface area (Å²) < 4.78 is 7.25. The van der Waals surface area contributed by atoms with Gasteiger partial charge in [0.15, 0.2) is 5.78 Å². The van der Waals surface area contributed by atoms with Crippen molar-refractivity contribution in [3.05, 3.63) is 77.6 Å². The van der Waals surface area contributed by atoms with Crippen LogP contribution in [-0.2, 0) is 11.5 Å². The van der Waals surface area contributed by atoms with Gasteiger partial charge in [-0.25, -0.2) is 4.68 Å². The molecule has 0 N–H and O–H groups in total. The minimum atomic E-state index is 0.0723. The molecule has 0 saturated heterocycles. The Morgan fingerprint density at radius 1 is 1.16 bits per heavy atom. The Bertz CT molecular complexity index is 843. The molecule has 4 nitrogen and oxygen atoms in total. The summed E-state index contributed by atoms with van der Waals surface area (Å²) in [4.78, 5) is 11.6. The van der Waals surface area contributed by atoms with E-state index in [4.69, 9.17) is 4.74 Å². The van der Waals surface area contributed by atoms with Crippen LogP contribution >= 0.6 is 11.8 Å². The SMILES string of the molecule is COc1ccc(C(C)=O)cc1CSCc1ccc(-n2cccn2)cc1. The standard InChI is InChI=1S/C20H20N2O2S/c1-15(23)17-6-9-20(24-2)18(12-17)14-25-13-16-4-7-19(8-5-16)22-11-3-10-21-22/h3-12H,13-14H2,1-2H3. The molecule has 5 heteroatoms. The number of hydrogen-bond donors (Lipinski definition) is 0. The third-order valence-corrected chi connectivity index (χ3v) is 4.97. The van der Waals surface area contributed by atoms with Crippen LogP contribution in [0.5, 0.6) is 5.75 Å². The second-order valence-electron chi connectivity index (χ2n) is 5.69. The van der Waals surface area contributed by atoms with Crippen molar-refractivity contribution >= 4 is 17.5 Å². The highest BCUT2D eigenvalue weighted by Gasteiger charge is 2.08. The molecule has 0 spiro atoms. The van der Waals surface area contributed by atoms with Gasteiger partial charge in [0, 0.05) is 35.0 Å². The number of methoxy groups -OCH3 is 1. The molecule has 0 amide bonds. The predicted octanol–water partition coefficient (Wildman–Crippen LogP) is 4.52. The molecule has 0 atom stereocenters. The quantitative estimate of drug-likeness (QED) is 0.587. The summed E-state index contributed by atoms with van der Waals surface area (Å²) in [5, 5.41) is 4.23. The number of rotatable bonds is 7. The van der Waals surface area contributed by atoms with Gasteiger partial charge in [0.2, 0.25) is 0 Å². The topological polar surface area (TPSA) is 44.1 Å². The Balaban J connectivity index is 1.63. The molecule has 3 rings (SSSR count). The first-order valence-corrected chi connectivity index (χ1v) is 9.17. The molecule has 0 radical (unpaired) electrons.